The molecule has 0 spiro atoms. The fourth-order valence-electron chi connectivity index (χ4n) is 7.54. The maximum absolute atomic E-state index is 13.9. The van der Waals surface area contributed by atoms with Crippen LogP contribution in [0.4, 0.5) is 0 Å². The number of aliphatic hydroxyl groups is 1. The highest BCUT2D eigenvalue weighted by Gasteiger charge is 2.60. The molecule has 4 N–H and O–H groups in total. The van der Waals surface area contributed by atoms with Crippen LogP contribution in [0, 0.1) is 29.6 Å². The van der Waals surface area contributed by atoms with E-state index in [2.05, 4.69) is 18.7 Å². The number of ketones is 4. The van der Waals surface area contributed by atoms with Gasteiger partial charge in [0.05, 0.1) is 25.1 Å². The van der Waals surface area contributed by atoms with Crippen LogP contribution in [0.15, 0.2) is 6.07 Å². The Morgan fingerprint density at radius 3 is 2.49 bits per heavy atom. The molecule has 1 amide bonds. The molecule has 7 atom stereocenters. The summed E-state index contributed by atoms with van der Waals surface area (Å²) in [5, 5.41) is 22.6. The van der Waals surface area contributed by atoms with Gasteiger partial charge in [-0.15, -0.1) is 0 Å². The third-order valence-corrected chi connectivity index (χ3v) is 9.54. The number of carbonyl (C=O) groups is 5. The molecule has 11 nitrogen and oxygen atoms in total. The van der Waals surface area contributed by atoms with E-state index in [0.29, 0.717) is 23.1 Å². The van der Waals surface area contributed by atoms with E-state index in [0.717, 1.165) is 18.5 Å². The van der Waals surface area contributed by atoms with Gasteiger partial charge in [-0.2, -0.15) is 0 Å². The topological polar surface area (TPSA) is 168 Å². The van der Waals surface area contributed by atoms with Gasteiger partial charge in [0, 0.05) is 29.8 Å². The SMILES string of the molecule is COc1c(C2C3CC3CN2C(C)C)cc(O)c2c1CC1CCC(O)(C(=O)C(C(N)=O)C(=O)CN(C)C)C(=O)C1C2=O. The molecule has 4 aliphatic rings. The highest BCUT2D eigenvalue weighted by atomic mass is 16.5. The highest BCUT2D eigenvalue weighted by Crippen LogP contribution is 2.60. The number of Topliss-reactive ketones (excluding diaryl/α,β-unsaturated/α-hetero) is 4. The predicted molar refractivity (Wildman–Crippen MR) is 146 cm³/mol. The first-order valence-electron chi connectivity index (χ1n) is 14.2. The van der Waals surface area contributed by atoms with Gasteiger partial charge < -0.3 is 25.6 Å². The average molecular weight is 570 g/mol. The van der Waals surface area contributed by atoms with Crippen LogP contribution in [0.5, 0.6) is 11.5 Å². The minimum Gasteiger partial charge on any atom is -0.507 e. The molecular formula is C30H39N3O8. The van der Waals surface area contributed by atoms with Crippen LogP contribution < -0.4 is 10.5 Å². The Kier molecular flexibility index (Phi) is 7.36. The first-order chi connectivity index (χ1) is 19.2. The number of nitrogens with zero attached hydrogens (tertiary/aromatic N) is 2. The normalized spacial score (nSPS) is 31.5. The maximum atomic E-state index is 13.9. The minimum absolute atomic E-state index is 0.0418. The average Bonchev–Trinajstić information content (AvgIpc) is 3.54. The largest absolute Gasteiger partial charge is 0.507 e. The zero-order chi connectivity index (χ0) is 30.1. The van der Waals surface area contributed by atoms with Crippen LogP contribution in [0.2, 0.25) is 0 Å². The van der Waals surface area contributed by atoms with Crippen molar-refractivity contribution in [2.75, 3.05) is 34.3 Å². The minimum atomic E-state index is -2.72. The number of primary amides is 1. The zero-order valence-electron chi connectivity index (χ0n) is 24.2. The van der Waals surface area contributed by atoms with Gasteiger partial charge in [0.1, 0.15) is 11.5 Å². The molecule has 1 saturated heterocycles. The zero-order valence-corrected chi connectivity index (χ0v) is 24.2. The van der Waals surface area contributed by atoms with Crippen molar-refractivity contribution in [2.45, 2.75) is 57.2 Å². The van der Waals surface area contributed by atoms with Gasteiger partial charge in [-0.3, -0.25) is 28.9 Å². The van der Waals surface area contributed by atoms with E-state index < -0.39 is 52.4 Å². The Morgan fingerprint density at radius 1 is 1.22 bits per heavy atom. The molecule has 1 heterocycles. The van der Waals surface area contributed by atoms with Crippen molar-refractivity contribution in [3.05, 3.63) is 22.8 Å². The van der Waals surface area contributed by atoms with E-state index in [1.54, 1.807) is 20.2 Å². The third kappa shape index (κ3) is 4.58. The molecule has 5 rings (SSSR count). The summed E-state index contributed by atoms with van der Waals surface area (Å²) in [6, 6.07) is 1.88. The van der Waals surface area contributed by atoms with Crippen LogP contribution in [0.25, 0.3) is 0 Å². The number of nitrogens with two attached hydrogens (primary N) is 1. The van der Waals surface area contributed by atoms with Crippen molar-refractivity contribution in [3.63, 3.8) is 0 Å². The van der Waals surface area contributed by atoms with Crippen molar-refractivity contribution in [3.8, 4) is 11.5 Å². The van der Waals surface area contributed by atoms with E-state index >= 15 is 0 Å². The number of amides is 1. The second-order valence-corrected chi connectivity index (χ2v) is 12.7. The number of carbonyl (C=O) groups excluding carboxylic acids is 5. The first kappa shape index (κ1) is 29.3. The molecule has 0 aromatic heterocycles. The quantitative estimate of drug-likeness (QED) is 0.360. The molecule has 0 bridgehead atoms. The van der Waals surface area contributed by atoms with E-state index in [9.17, 15) is 34.2 Å². The smallest absolute Gasteiger partial charge is 0.235 e. The molecule has 11 heteroatoms. The number of piperidine rings is 1. The number of ether oxygens (including phenoxy) is 1. The summed E-state index contributed by atoms with van der Waals surface area (Å²) in [4.78, 5) is 69.7. The highest BCUT2D eigenvalue weighted by molar-refractivity contribution is 6.29. The number of likely N-dealkylation sites (tertiary alicyclic amines) is 1. The fraction of sp³-hybridized carbons (Fsp3) is 0.633. The Balaban J connectivity index is 1.51. The number of phenolic OH excluding ortho intramolecular Hbond substituents is 1. The van der Waals surface area contributed by atoms with Crippen molar-refractivity contribution in [1.29, 1.82) is 0 Å². The fourth-order valence-corrected chi connectivity index (χ4v) is 7.54. The number of phenols is 1. The van der Waals surface area contributed by atoms with Gasteiger partial charge in [-0.1, -0.05) is 0 Å². The number of rotatable bonds is 9. The molecule has 3 fully saturated rings. The standard InChI is InChI=1S/C30H39N3O8/c1-13(2)33-11-15-9-16(15)24(33)18-10-19(34)22-17(26(18)41-5)8-14-6-7-30(40,27(37)21(14)25(22)36)28(38)23(29(31)39)20(35)12-32(3)4/h10,13-16,21,23-24,34,40H,6-9,11-12H2,1-5H3,(H2,31,39). The van der Waals surface area contributed by atoms with Crippen LogP contribution in [0.3, 0.4) is 0 Å². The monoisotopic (exact) mass is 569 g/mol. The van der Waals surface area contributed by atoms with Crippen LogP contribution in [-0.2, 0) is 25.6 Å². The van der Waals surface area contributed by atoms with Crippen LogP contribution in [-0.4, -0.2) is 95.0 Å². The molecule has 41 heavy (non-hydrogen) atoms. The first-order valence-corrected chi connectivity index (χ1v) is 14.2. The van der Waals surface area contributed by atoms with Gasteiger partial charge in [-0.05, 0) is 77.4 Å². The molecule has 3 aliphatic carbocycles. The molecule has 1 aromatic carbocycles. The van der Waals surface area contributed by atoms with Crippen molar-refractivity contribution in [1.82, 2.24) is 9.80 Å². The molecular weight excluding hydrogens is 530 g/mol. The Bertz CT molecular complexity index is 1340. The van der Waals surface area contributed by atoms with E-state index in [1.807, 2.05) is 0 Å². The Labute approximate surface area is 239 Å². The number of methoxy groups -OCH3 is 1. The van der Waals surface area contributed by atoms with E-state index in [-0.39, 0.29) is 49.2 Å². The van der Waals surface area contributed by atoms with Gasteiger partial charge in [0.15, 0.2) is 34.7 Å². The summed E-state index contributed by atoms with van der Waals surface area (Å²) in [6.07, 6.45) is 1.09. The number of hydrogen-bond donors (Lipinski definition) is 3. The maximum Gasteiger partial charge on any atom is 0.235 e. The summed E-state index contributed by atoms with van der Waals surface area (Å²) in [6.45, 7) is 4.92. The van der Waals surface area contributed by atoms with E-state index in [4.69, 9.17) is 10.5 Å². The lowest BCUT2D eigenvalue weighted by atomic mass is 9.60. The van der Waals surface area contributed by atoms with Crippen molar-refractivity contribution < 1.29 is 38.9 Å². The lowest BCUT2D eigenvalue weighted by Gasteiger charge is -2.42. The number of hydrogen-bond acceptors (Lipinski definition) is 10. The second-order valence-electron chi connectivity index (χ2n) is 12.7. The van der Waals surface area contributed by atoms with Gasteiger partial charge in [0.25, 0.3) is 0 Å². The van der Waals surface area contributed by atoms with Crippen molar-refractivity contribution >= 4 is 29.0 Å². The summed E-state index contributed by atoms with van der Waals surface area (Å²) >= 11 is 0. The summed E-state index contributed by atoms with van der Waals surface area (Å²) in [7, 11) is 4.65. The number of benzene rings is 1. The van der Waals surface area contributed by atoms with E-state index in [1.165, 1.54) is 12.0 Å². The summed E-state index contributed by atoms with van der Waals surface area (Å²) in [5.41, 5.74) is 3.95. The molecule has 2 saturated carbocycles. The predicted octanol–water partition coefficient (Wildman–Crippen LogP) is 0.669. The number of aromatic hydroxyl groups is 1. The Morgan fingerprint density at radius 2 is 1.90 bits per heavy atom. The third-order valence-electron chi connectivity index (χ3n) is 9.54. The number of likely N-dealkylation sites (N-methyl/N-ethyl adjacent to an activating group) is 1. The molecule has 1 aliphatic heterocycles. The molecule has 7 unspecified atom stereocenters. The summed E-state index contributed by atoms with van der Waals surface area (Å²) in [5.74, 6) is -7.87. The van der Waals surface area contributed by atoms with Crippen LogP contribution in [0.1, 0.15) is 60.6 Å². The van der Waals surface area contributed by atoms with Gasteiger partial charge in [0.2, 0.25) is 5.91 Å². The lowest BCUT2D eigenvalue weighted by Crippen LogP contribution is -2.61. The van der Waals surface area contributed by atoms with Crippen molar-refractivity contribution in [2.24, 2.45) is 35.3 Å². The Hall–Kier alpha value is -3.15. The van der Waals surface area contributed by atoms with Gasteiger partial charge in [-0.25, -0.2) is 0 Å². The number of fused-ring (bicyclic) bond motifs is 3. The molecule has 0 radical (unpaired) electrons. The molecule has 1 aromatic rings. The van der Waals surface area contributed by atoms with Crippen LogP contribution >= 0.6 is 0 Å². The van der Waals surface area contributed by atoms with Gasteiger partial charge >= 0.3 is 0 Å². The molecule has 222 valence electrons. The lowest BCUT2D eigenvalue weighted by molar-refractivity contribution is -0.162. The summed E-state index contributed by atoms with van der Waals surface area (Å²) < 4.78 is 5.88. The second kappa shape index (κ2) is 10.3.